The molecule has 0 radical (unpaired) electrons. The number of nitrogens with zero attached hydrogens (tertiary/aromatic N) is 1. The van der Waals surface area contributed by atoms with Gasteiger partial charge in [0, 0.05) is 13.7 Å². The predicted molar refractivity (Wildman–Crippen MR) is 147 cm³/mol. The monoisotopic (exact) mass is 513 g/mol. The molecule has 0 bridgehead atoms. The van der Waals surface area contributed by atoms with Crippen LogP contribution in [0.1, 0.15) is 89.5 Å². The lowest BCUT2D eigenvalue weighted by molar-refractivity contribution is 0.0178. The van der Waals surface area contributed by atoms with Crippen LogP contribution in [0.15, 0.2) is 24.3 Å². The van der Waals surface area contributed by atoms with Crippen molar-refractivity contribution in [1.82, 2.24) is 4.90 Å². The normalized spacial score (nSPS) is 13.3. The molecule has 204 valence electrons. The number of ether oxygens (including phenoxy) is 2. The Morgan fingerprint density at radius 1 is 0.829 bits per heavy atom. The SMILES string of the molecule is CCCCCCCCCCCCCCc1ccccc1OCC(COP(O)OCCN(C)C)OC. The van der Waals surface area contributed by atoms with E-state index in [1.807, 2.05) is 31.1 Å². The molecule has 0 aliphatic carbocycles. The summed E-state index contributed by atoms with van der Waals surface area (Å²) >= 11 is 0. The fourth-order valence-electron chi connectivity index (χ4n) is 3.86. The van der Waals surface area contributed by atoms with Crippen LogP contribution in [0.2, 0.25) is 0 Å². The molecule has 0 amide bonds. The Morgan fingerprint density at radius 2 is 1.43 bits per heavy atom. The molecule has 0 spiro atoms. The Labute approximate surface area is 216 Å². The molecule has 0 heterocycles. The number of rotatable bonds is 24. The number of hydrogen-bond donors (Lipinski definition) is 1. The topological polar surface area (TPSA) is 60.4 Å². The van der Waals surface area contributed by atoms with Crippen molar-refractivity contribution in [3.05, 3.63) is 29.8 Å². The largest absolute Gasteiger partial charge is 0.491 e. The van der Waals surface area contributed by atoms with Gasteiger partial charge in [0.2, 0.25) is 0 Å². The average Bonchev–Trinajstić information content (AvgIpc) is 2.85. The molecule has 0 saturated carbocycles. The molecule has 0 aliphatic heterocycles. The van der Waals surface area contributed by atoms with E-state index in [4.69, 9.17) is 18.5 Å². The number of unbranched alkanes of at least 4 members (excludes halogenated alkanes) is 11. The highest BCUT2D eigenvalue weighted by molar-refractivity contribution is 7.40. The first-order valence-corrected chi connectivity index (χ1v) is 14.8. The van der Waals surface area contributed by atoms with E-state index < -0.39 is 8.60 Å². The zero-order valence-electron chi connectivity index (χ0n) is 22.9. The number of hydrogen-bond acceptors (Lipinski definition) is 6. The quantitative estimate of drug-likeness (QED) is 0.117. The van der Waals surface area contributed by atoms with Gasteiger partial charge in [-0.1, -0.05) is 95.8 Å². The second-order valence-electron chi connectivity index (χ2n) is 9.59. The van der Waals surface area contributed by atoms with Gasteiger partial charge in [0.1, 0.15) is 18.5 Å². The molecule has 1 rings (SSSR count). The van der Waals surface area contributed by atoms with Gasteiger partial charge in [-0.25, -0.2) is 0 Å². The van der Waals surface area contributed by atoms with Crippen molar-refractivity contribution < 1.29 is 23.4 Å². The number of aryl methyl sites for hydroxylation is 1. The van der Waals surface area contributed by atoms with Gasteiger partial charge in [0.05, 0.1) is 13.2 Å². The number of likely N-dealkylation sites (N-methyl/N-ethyl adjacent to an activating group) is 1. The van der Waals surface area contributed by atoms with E-state index in [1.54, 1.807) is 7.11 Å². The highest BCUT2D eigenvalue weighted by atomic mass is 31.2. The standard InChI is InChI=1S/C28H52NO5P/c1-5-6-7-8-9-10-11-12-13-14-15-16-19-26-20-17-18-21-28(26)32-24-27(31-4)25-34-35(30)33-23-22-29(2)3/h17-18,20-21,27,30H,5-16,19,22-25H2,1-4H3. The lowest BCUT2D eigenvalue weighted by Gasteiger charge is -2.19. The van der Waals surface area contributed by atoms with Crippen molar-refractivity contribution >= 4 is 8.60 Å². The molecule has 1 N–H and O–H groups in total. The maximum atomic E-state index is 9.88. The first kappa shape index (κ1) is 32.3. The number of methoxy groups -OCH3 is 1. The van der Waals surface area contributed by atoms with Crippen LogP contribution >= 0.6 is 8.60 Å². The van der Waals surface area contributed by atoms with E-state index in [-0.39, 0.29) is 12.7 Å². The second-order valence-corrected chi connectivity index (χ2v) is 10.6. The summed E-state index contributed by atoms with van der Waals surface area (Å²) in [7, 11) is 3.64. The first-order chi connectivity index (χ1) is 17.1. The minimum Gasteiger partial charge on any atom is -0.491 e. The van der Waals surface area contributed by atoms with Gasteiger partial charge >= 0.3 is 8.60 Å². The van der Waals surface area contributed by atoms with E-state index in [1.165, 1.54) is 82.6 Å². The van der Waals surface area contributed by atoms with E-state index in [9.17, 15) is 4.89 Å². The Morgan fingerprint density at radius 3 is 2.03 bits per heavy atom. The summed E-state index contributed by atoms with van der Waals surface area (Å²) in [5.74, 6) is 0.908. The predicted octanol–water partition coefficient (Wildman–Crippen LogP) is 7.14. The van der Waals surface area contributed by atoms with Crippen LogP contribution in [-0.4, -0.2) is 63.5 Å². The third-order valence-electron chi connectivity index (χ3n) is 6.14. The fourth-order valence-corrected chi connectivity index (χ4v) is 4.47. The van der Waals surface area contributed by atoms with Crippen LogP contribution in [0.25, 0.3) is 0 Å². The zero-order valence-corrected chi connectivity index (χ0v) is 23.8. The molecule has 0 aliphatic rings. The van der Waals surface area contributed by atoms with Crippen molar-refractivity contribution in [2.45, 2.75) is 96.5 Å². The van der Waals surface area contributed by atoms with Crippen molar-refractivity contribution in [1.29, 1.82) is 0 Å². The van der Waals surface area contributed by atoms with Crippen LogP contribution in [-0.2, 0) is 20.2 Å². The van der Waals surface area contributed by atoms with Crippen LogP contribution < -0.4 is 4.74 Å². The number of benzene rings is 1. The molecular formula is C28H52NO5P. The minimum atomic E-state index is -1.90. The molecule has 1 aromatic rings. The van der Waals surface area contributed by atoms with Gasteiger partial charge in [-0.15, -0.1) is 0 Å². The molecule has 6 nitrogen and oxygen atoms in total. The van der Waals surface area contributed by atoms with Gasteiger partial charge < -0.3 is 28.3 Å². The fraction of sp³-hybridized carbons (Fsp3) is 0.786. The molecule has 0 fully saturated rings. The summed E-state index contributed by atoms with van der Waals surface area (Å²) in [5.41, 5.74) is 1.24. The molecule has 35 heavy (non-hydrogen) atoms. The summed E-state index contributed by atoms with van der Waals surface area (Å²) in [5, 5.41) is 0. The summed E-state index contributed by atoms with van der Waals surface area (Å²) in [6.07, 6.45) is 17.1. The molecule has 2 unspecified atom stereocenters. The Bertz CT molecular complexity index is 604. The third kappa shape index (κ3) is 18.2. The highest BCUT2D eigenvalue weighted by Crippen LogP contribution is 2.32. The van der Waals surface area contributed by atoms with E-state index in [0.717, 1.165) is 18.7 Å². The van der Waals surface area contributed by atoms with Gasteiger partial charge in [-0.2, -0.15) is 0 Å². The third-order valence-corrected chi connectivity index (χ3v) is 6.91. The summed E-state index contributed by atoms with van der Waals surface area (Å²) in [6.45, 7) is 4.03. The summed E-state index contributed by atoms with van der Waals surface area (Å²) in [6, 6.07) is 8.25. The maximum absolute atomic E-state index is 9.88. The first-order valence-electron chi connectivity index (χ1n) is 13.7. The van der Waals surface area contributed by atoms with Crippen molar-refractivity contribution in [2.24, 2.45) is 0 Å². The van der Waals surface area contributed by atoms with E-state index in [2.05, 4.69) is 19.1 Å². The molecule has 2 atom stereocenters. The Hall–Kier alpha value is -0.750. The minimum absolute atomic E-state index is 0.224. The van der Waals surface area contributed by atoms with Gasteiger partial charge in [-0.3, -0.25) is 0 Å². The van der Waals surface area contributed by atoms with Gasteiger partial charge in [0.15, 0.2) is 0 Å². The lowest BCUT2D eigenvalue weighted by atomic mass is 10.0. The van der Waals surface area contributed by atoms with E-state index >= 15 is 0 Å². The summed E-state index contributed by atoms with van der Waals surface area (Å²) < 4.78 is 22.3. The molecule has 0 saturated heterocycles. The molecular weight excluding hydrogens is 461 g/mol. The van der Waals surface area contributed by atoms with Crippen molar-refractivity contribution in [3.63, 3.8) is 0 Å². The van der Waals surface area contributed by atoms with Crippen LogP contribution in [0.5, 0.6) is 5.75 Å². The smallest absolute Gasteiger partial charge is 0.329 e. The van der Waals surface area contributed by atoms with Crippen LogP contribution in [0.3, 0.4) is 0 Å². The van der Waals surface area contributed by atoms with Crippen molar-refractivity contribution in [2.75, 3.05) is 47.6 Å². The zero-order chi connectivity index (χ0) is 25.6. The molecule has 7 heteroatoms. The summed E-state index contributed by atoms with van der Waals surface area (Å²) in [4.78, 5) is 11.9. The Balaban J connectivity index is 2.19. The molecule has 0 aromatic heterocycles. The lowest BCUT2D eigenvalue weighted by Crippen LogP contribution is -2.25. The number of para-hydroxylation sites is 1. The highest BCUT2D eigenvalue weighted by Gasteiger charge is 2.15. The van der Waals surface area contributed by atoms with Crippen LogP contribution in [0.4, 0.5) is 0 Å². The second kappa shape index (κ2) is 22.4. The molecule has 1 aromatic carbocycles. The maximum Gasteiger partial charge on any atom is 0.329 e. The Kier molecular flexibility index (Phi) is 20.7. The van der Waals surface area contributed by atoms with Gasteiger partial charge in [-0.05, 0) is 38.6 Å². The van der Waals surface area contributed by atoms with Gasteiger partial charge in [0.25, 0.3) is 0 Å². The van der Waals surface area contributed by atoms with E-state index in [0.29, 0.717) is 13.2 Å². The average molecular weight is 514 g/mol. The van der Waals surface area contributed by atoms with Crippen LogP contribution in [0, 0.1) is 0 Å². The van der Waals surface area contributed by atoms with Crippen molar-refractivity contribution in [3.8, 4) is 5.75 Å².